The van der Waals surface area contributed by atoms with Crippen LogP contribution in [0, 0.1) is 23.2 Å². The first kappa shape index (κ1) is 24.6. The van der Waals surface area contributed by atoms with E-state index >= 15 is 0 Å². The summed E-state index contributed by atoms with van der Waals surface area (Å²) in [6.45, 7) is 7.05. The molecule has 2 aliphatic carbocycles. The van der Waals surface area contributed by atoms with Gasteiger partial charge in [0.25, 0.3) is 5.91 Å². The summed E-state index contributed by atoms with van der Waals surface area (Å²) in [4.78, 5) is 31.4. The number of nitrogens with one attached hydrogen (secondary N) is 3. The van der Waals surface area contributed by atoms with E-state index in [4.69, 9.17) is 15.8 Å². The zero-order chi connectivity index (χ0) is 25.3. The minimum atomic E-state index is -1.15. The van der Waals surface area contributed by atoms with Gasteiger partial charge in [-0.15, -0.1) is 0 Å². The second kappa shape index (κ2) is 9.59. The summed E-state index contributed by atoms with van der Waals surface area (Å²) in [5, 5.41) is 21.5. The molecule has 5 N–H and O–H groups in total. The Kier molecular flexibility index (Phi) is 6.73. The van der Waals surface area contributed by atoms with Crippen molar-refractivity contribution >= 4 is 28.8 Å². The normalized spacial score (nSPS) is 18.0. The Morgan fingerprint density at radius 1 is 1.20 bits per heavy atom. The smallest absolute Gasteiger partial charge is 0.276 e. The van der Waals surface area contributed by atoms with Crippen LogP contribution in [-0.4, -0.2) is 38.4 Å². The molecule has 0 bridgehead atoms. The molecule has 10 heteroatoms. The Bertz CT molecular complexity index is 1150. The molecule has 2 heterocycles. The molecular weight excluding hydrogens is 446 g/mol. The van der Waals surface area contributed by atoms with Gasteiger partial charge in [0.2, 0.25) is 5.91 Å². The standard InChI is InChI=1S/C25H33N7O3/c1-5-18-22(32-35-31-18)23(33)30-25(4,21(15-6-7-15)16-8-9-16)24(34)29-17-10-11-19(28-12-17)20(13(2)26)14(3)27/h10-12,15-16,21,26H,5-9,27H2,1-4H3,(H,29,34)(H,30,33). The van der Waals surface area contributed by atoms with Crippen LogP contribution in [0.15, 0.2) is 28.7 Å². The van der Waals surface area contributed by atoms with Crippen LogP contribution in [0.2, 0.25) is 0 Å². The molecule has 1 atom stereocenters. The highest BCUT2D eigenvalue weighted by Crippen LogP contribution is 2.53. The van der Waals surface area contributed by atoms with E-state index in [-0.39, 0.29) is 17.5 Å². The molecule has 2 amide bonds. The van der Waals surface area contributed by atoms with E-state index in [2.05, 4.69) is 25.9 Å². The molecule has 0 aromatic carbocycles. The third kappa shape index (κ3) is 5.11. The van der Waals surface area contributed by atoms with Gasteiger partial charge in [0.1, 0.15) is 11.2 Å². The lowest BCUT2D eigenvalue weighted by molar-refractivity contribution is -0.124. The Balaban J connectivity index is 1.60. The Morgan fingerprint density at radius 2 is 1.86 bits per heavy atom. The van der Waals surface area contributed by atoms with Crippen LogP contribution in [0.4, 0.5) is 5.69 Å². The monoisotopic (exact) mass is 479 g/mol. The van der Waals surface area contributed by atoms with Crippen molar-refractivity contribution in [1.29, 1.82) is 5.41 Å². The van der Waals surface area contributed by atoms with Crippen LogP contribution in [0.5, 0.6) is 0 Å². The summed E-state index contributed by atoms with van der Waals surface area (Å²) in [7, 11) is 0. The minimum absolute atomic E-state index is 0.0265. The fourth-order valence-corrected chi connectivity index (χ4v) is 5.00. The second-order valence-electron chi connectivity index (χ2n) is 9.84. The third-order valence-electron chi connectivity index (χ3n) is 6.92. The zero-order valence-electron chi connectivity index (χ0n) is 20.6. The number of anilines is 1. The molecule has 0 saturated heterocycles. The first-order valence-corrected chi connectivity index (χ1v) is 12.1. The number of pyridine rings is 1. The van der Waals surface area contributed by atoms with Crippen molar-refractivity contribution in [3.05, 3.63) is 41.1 Å². The summed E-state index contributed by atoms with van der Waals surface area (Å²) < 4.78 is 4.78. The Morgan fingerprint density at radius 3 is 2.34 bits per heavy atom. The van der Waals surface area contributed by atoms with Crippen molar-refractivity contribution in [2.24, 2.45) is 23.5 Å². The van der Waals surface area contributed by atoms with Gasteiger partial charge in [0, 0.05) is 17.0 Å². The van der Waals surface area contributed by atoms with Gasteiger partial charge in [-0.2, -0.15) is 0 Å². The van der Waals surface area contributed by atoms with Gasteiger partial charge in [-0.25, -0.2) is 4.63 Å². The van der Waals surface area contributed by atoms with E-state index in [0.717, 1.165) is 25.7 Å². The number of aryl methyl sites for hydroxylation is 1. The average molecular weight is 480 g/mol. The van der Waals surface area contributed by atoms with Crippen LogP contribution >= 0.6 is 0 Å². The Labute approximate surface area is 204 Å². The molecule has 0 radical (unpaired) electrons. The van der Waals surface area contributed by atoms with Crippen molar-refractivity contribution in [2.75, 3.05) is 5.32 Å². The second-order valence-corrected chi connectivity index (χ2v) is 9.84. The molecule has 2 aliphatic rings. The van der Waals surface area contributed by atoms with Gasteiger partial charge >= 0.3 is 0 Å². The Hall–Kier alpha value is -3.56. The molecule has 1 unspecified atom stereocenters. The number of hydrogen-bond acceptors (Lipinski definition) is 8. The molecule has 0 spiro atoms. The lowest BCUT2D eigenvalue weighted by Gasteiger charge is -2.37. The van der Waals surface area contributed by atoms with Gasteiger partial charge in [0.05, 0.1) is 17.6 Å². The highest BCUT2D eigenvalue weighted by molar-refractivity contribution is 6.21. The van der Waals surface area contributed by atoms with Crippen molar-refractivity contribution in [1.82, 2.24) is 20.6 Å². The SMILES string of the molecule is CCc1nonc1C(=O)NC(C)(C(=O)Nc1ccc(C(C(C)=N)=C(C)N)nc1)C(C1CC1)C1CC1. The lowest BCUT2D eigenvalue weighted by atomic mass is 9.77. The summed E-state index contributed by atoms with van der Waals surface area (Å²) in [6, 6.07) is 3.46. The first-order chi connectivity index (χ1) is 16.7. The maximum Gasteiger partial charge on any atom is 0.276 e. The number of allylic oxidation sites excluding steroid dienone is 2. The number of carbonyl (C=O) groups is 2. The predicted octanol–water partition coefficient (Wildman–Crippen LogP) is 3.32. The van der Waals surface area contributed by atoms with Crippen molar-refractivity contribution < 1.29 is 14.2 Å². The van der Waals surface area contributed by atoms with E-state index in [0.29, 0.717) is 52.3 Å². The molecule has 2 aromatic rings. The summed E-state index contributed by atoms with van der Waals surface area (Å²) in [5.41, 5.74) is 7.79. The highest BCUT2D eigenvalue weighted by Gasteiger charge is 2.55. The van der Waals surface area contributed by atoms with E-state index in [1.165, 1.54) is 0 Å². The van der Waals surface area contributed by atoms with Crippen LogP contribution in [0.25, 0.3) is 5.57 Å². The molecule has 4 rings (SSSR count). The van der Waals surface area contributed by atoms with Crippen molar-refractivity contribution in [3.8, 4) is 0 Å². The summed E-state index contributed by atoms with van der Waals surface area (Å²) in [6.07, 6.45) is 6.25. The molecule has 186 valence electrons. The van der Waals surface area contributed by atoms with Crippen molar-refractivity contribution in [2.45, 2.75) is 65.3 Å². The molecule has 2 aromatic heterocycles. The molecule has 10 nitrogen and oxygen atoms in total. The fraction of sp³-hybridized carbons (Fsp3) is 0.520. The quantitative estimate of drug-likeness (QED) is 0.380. The number of carbonyl (C=O) groups excluding carboxylic acids is 2. The average Bonchev–Trinajstić information content (AvgIpc) is 3.74. The highest BCUT2D eigenvalue weighted by atomic mass is 16.6. The molecule has 2 saturated carbocycles. The van der Waals surface area contributed by atoms with E-state index in [1.807, 2.05) is 6.92 Å². The topological polar surface area (TPSA) is 160 Å². The largest absolute Gasteiger partial charge is 0.402 e. The number of nitrogens with zero attached hydrogens (tertiary/aromatic N) is 3. The zero-order valence-corrected chi connectivity index (χ0v) is 20.6. The van der Waals surface area contributed by atoms with Crippen LogP contribution in [0.1, 0.15) is 75.3 Å². The first-order valence-electron chi connectivity index (χ1n) is 12.1. The number of amides is 2. The number of aromatic nitrogens is 3. The third-order valence-corrected chi connectivity index (χ3v) is 6.92. The number of nitrogens with two attached hydrogens (primary N) is 1. The molecule has 2 fully saturated rings. The van der Waals surface area contributed by atoms with E-state index in [1.54, 1.807) is 39.1 Å². The molecular formula is C25H33N7O3. The van der Waals surface area contributed by atoms with Crippen LogP contribution in [0.3, 0.4) is 0 Å². The van der Waals surface area contributed by atoms with Gasteiger partial charge < -0.3 is 21.8 Å². The maximum absolute atomic E-state index is 13.8. The predicted molar refractivity (Wildman–Crippen MR) is 132 cm³/mol. The van der Waals surface area contributed by atoms with Gasteiger partial charge in [-0.1, -0.05) is 12.1 Å². The van der Waals surface area contributed by atoms with Gasteiger partial charge in [0.15, 0.2) is 5.69 Å². The van der Waals surface area contributed by atoms with Crippen LogP contribution in [-0.2, 0) is 11.2 Å². The fourth-order valence-electron chi connectivity index (χ4n) is 5.00. The minimum Gasteiger partial charge on any atom is -0.402 e. The van der Waals surface area contributed by atoms with Gasteiger partial charge in [-0.05, 0) is 87.9 Å². The number of hydrogen-bond donors (Lipinski definition) is 4. The van der Waals surface area contributed by atoms with Crippen LogP contribution < -0.4 is 16.4 Å². The van der Waals surface area contributed by atoms with E-state index in [9.17, 15) is 9.59 Å². The molecule has 35 heavy (non-hydrogen) atoms. The van der Waals surface area contributed by atoms with Crippen molar-refractivity contribution in [3.63, 3.8) is 0 Å². The maximum atomic E-state index is 13.8. The summed E-state index contributed by atoms with van der Waals surface area (Å²) in [5.74, 6) is 0.0633. The van der Waals surface area contributed by atoms with E-state index < -0.39 is 11.4 Å². The van der Waals surface area contributed by atoms with Gasteiger partial charge in [-0.3, -0.25) is 14.6 Å². The lowest BCUT2D eigenvalue weighted by Crippen LogP contribution is -2.60. The number of rotatable bonds is 10. The molecule has 0 aliphatic heterocycles. The summed E-state index contributed by atoms with van der Waals surface area (Å²) >= 11 is 0.